The van der Waals surface area contributed by atoms with E-state index in [2.05, 4.69) is 67.4 Å². The quantitative estimate of drug-likeness (QED) is 0.0278. The topological polar surface area (TPSA) is 111 Å². The Morgan fingerprint density at radius 1 is 0.411 bits per heavy atom. The number of nitrogens with zero attached hydrogens (tertiary/aromatic N) is 1. The molecule has 0 aromatic carbocycles. The van der Waals surface area contributed by atoms with Gasteiger partial charge in [-0.3, -0.25) is 19.2 Å². The summed E-state index contributed by atoms with van der Waals surface area (Å²) in [6.07, 6.45) is 61.3. The van der Waals surface area contributed by atoms with Crippen LogP contribution in [-0.4, -0.2) is 74.2 Å². The number of nitrogens with one attached hydrogen (secondary N) is 1. The minimum atomic E-state index is -1.40. The van der Waals surface area contributed by atoms with Gasteiger partial charge in [-0.15, -0.1) is 0 Å². The Bertz CT molecular complexity index is 1260. The Labute approximate surface area is 450 Å². The van der Waals surface area contributed by atoms with Gasteiger partial charge in [0, 0.05) is 25.8 Å². The maximum absolute atomic E-state index is 13.9. The molecule has 0 aliphatic carbocycles. The third-order valence-electron chi connectivity index (χ3n) is 14.6. The first-order valence-electron chi connectivity index (χ1n) is 31.2. The smallest absolute Gasteiger partial charge is 0.305 e. The maximum Gasteiger partial charge on any atom is 0.305 e. The zero-order chi connectivity index (χ0) is 53.0. The molecule has 9 nitrogen and oxygen atoms in total. The largest absolute Gasteiger partial charge is 0.463 e. The van der Waals surface area contributed by atoms with Gasteiger partial charge in [-0.25, -0.2) is 0 Å². The van der Waals surface area contributed by atoms with Gasteiger partial charge in [-0.05, 0) is 116 Å². The summed E-state index contributed by atoms with van der Waals surface area (Å²) in [5, 5.41) is 3.11. The number of esters is 3. The molecule has 1 heterocycles. The van der Waals surface area contributed by atoms with Crippen LogP contribution in [0.15, 0.2) is 36.5 Å². The first-order chi connectivity index (χ1) is 35.7. The minimum Gasteiger partial charge on any atom is -0.463 e. The second-order valence-electron chi connectivity index (χ2n) is 22.0. The molecule has 424 valence electrons. The minimum absolute atomic E-state index is 0.209. The molecular formula is C64H116N2O7. The fraction of sp³-hybridized carbons (Fsp3) is 0.844. The van der Waals surface area contributed by atoms with E-state index in [0.717, 1.165) is 122 Å². The Balaban J connectivity index is 2.72. The summed E-state index contributed by atoms with van der Waals surface area (Å²) in [4.78, 5) is 55.7. The predicted octanol–water partition coefficient (Wildman–Crippen LogP) is 17.5. The number of rotatable bonds is 53. The Hall–Kier alpha value is -2.94. The lowest BCUT2D eigenvalue weighted by Gasteiger charge is -2.34. The highest BCUT2D eigenvalue weighted by atomic mass is 16.6. The van der Waals surface area contributed by atoms with Crippen LogP contribution in [0.3, 0.4) is 0 Å². The molecule has 0 saturated carbocycles. The standard InChI is InChI=1S/C64H116N2O7/c1-5-8-11-14-17-20-23-26-29-32-35-38-41-44-47-50-60(67)71-56-64(65-63(70)59-53-54-66(4)55-59,57-72-61(68)51-48-45-42-39-36-33-30-27-24-21-18-15-12-9-6-2)58-73-62(69)52-49-46-43-40-37-34-31-28-25-22-19-16-13-10-7-3/h26-31,59H,5-25,32-58H2,1-4H3,(H,65,70)/b29-26-,30-27-,31-28-. The van der Waals surface area contributed by atoms with Crippen molar-refractivity contribution in [3.63, 3.8) is 0 Å². The van der Waals surface area contributed by atoms with Crippen LogP contribution in [0.4, 0.5) is 0 Å². The van der Waals surface area contributed by atoms with Gasteiger partial charge in [0.1, 0.15) is 25.4 Å². The molecule has 1 unspecified atom stereocenters. The number of likely N-dealkylation sites (tertiary alicyclic amines) is 1. The van der Waals surface area contributed by atoms with E-state index < -0.39 is 5.54 Å². The van der Waals surface area contributed by atoms with E-state index >= 15 is 0 Å². The summed E-state index contributed by atoms with van der Waals surface area (Å²) in [6, 6.07) is 0. The summed E-state index contributed by atoms with van der Waals surface area (Å²) >= 11 is 0. The molecule has 1 rings (SSSR count). The van der Waals surface area contributed by atoms with Crippen LogP contribution in [0, 0.1) is 5.92 Å². The average molecular weight is 1030 g/mol. The van der Waals surface area contributed by atoms with Gasteiger partial charge in [-0.2, -0.15) is 0 Å². The highest BCUT2D eigenvalue weighted by Gasteiger charge is 2.40. The zero-order valence-corrected chi connectivity index (χ0v) is 48.3. The molecule has 0 aromatic heterocycles. The Kier molecular flexibility index (Phi) is 47.7. The Morgan fingerprint density at radius 3 is 0.932 bits per heavy atom. The number of carbonyl (C=O) groups excluding carboxylic acids is 4. The van der Waals surface area contributed by atoms with Crippen LogP contribution >= 0.6 is 0 Å². The molecule has 1 aliphatic rings. The van der Waals surface area contributed by atoms with Crippen LogP contribution in [0.1, 0.15) is 297 Å². The molecule has 1 fully saturated rings. The van der Waals surface area contributed by atoms with Crippen molar-refractivity contribution < 1.29 is 33.4 Å². The van der Waals surface area contributed by atoms with Crippen LogP contribution in [0.2, 0.25) is 0 Å². The zero-order valence-electron chi connectivity index (χ0n) is 48.3. The van der Waals surface area contributed by atoms with Gasteiger partial charge >= 0.3 is 17.9 Å². The van der Waals surface area contributed by atoms with Crippen LogP contribution < -0.4 is 5.32 Å². The van der Waals surface area contributed by atoms with E-state index in [1.165, 1.54) is 135 Å². The summed E-state index contributed by atoms with van der Waals surface area (Å²) in [5.74, 6) is -1.57. The SMILES string of the molecule is CCCCCCCC/C=C\CCCCCCCC(=O)OCC(COC(=O)CCCCCCC/C=C\CCCCCCCC)(COC(=O)CCCCCCC/C=C\CCCCCCCC)NC(=O)C1CCN(C)C1. The summed E-state index contributed by atoms with van der Waals surface area (Å²) in [6.45, 7) is 7.44. The molecule has 1 atom stereocenters. The van der Waals surface area contributed by atoms with Crippen LogP contribution in [0.25, 0.3) is 0 Å². The number of amides is 1. The van der Waals surface area contributed by atoms with E-state index in [9.17, 15) is 19.2 Å². The van der Waals surface area contributed by atoms with Crippen molar-refractivity contribution in [2.75, 3.05) is 40.0 Å². The molecule has 0 aromatic rings. The highest BCUT2D eigenvalue weighted by Crippen LogP contribution is 2.20. The molecule has 0 bridgehead atoms. The number of ether oxygens (including phenoxy) is 3. The highest BCUT2D eigenvalue weighted by molar-refractivity contribution is 5.80. The third kappa shape index (κ3) is 44.0. The third-order valence-corrected chi connectivity index (χ3v) is 14.6. The normalized spacial score (nSPS) is 14.3. The van der Waals surface area contributed by atoms with Crippen molar-refractivity contribution in [1.82, 2.24) is 10.2 Å². The average Bonchev–Trinajstić information content (AvgIpc) is 3.84. The van der Waals surface area contributed by atoms with E-state index in [-0.39, 0.29) is 68.8 Å². The lowest BCUT2D eigenvalue weighted by Crippen LogP contribution is -2.60. The van der Waals surface area contributed by atoms with E-state index in [1.54, 1.807) is 0 Å². The van der Waals surface area contributed by atoms with Gasteiger partial charge in [-0.1, -0.05) is 211 Å². The molecular weight excluding hydrogens is 909 g/mol. The molecule has 73 heavy (non-hydrogen) atoms. The maximum atomic E-state index is 13.9. The molecule has 9 heteroatoms. The summed E-state index contributed by atoms with van der Waals surface area (Å²) in [5.41, 5.74) is -1.40. The second kappa shape index (κ2) is 51.2. The molecule has 1 aliphatic heterocycles. The van der Waals surface area contributed by atoms with Gasteiger partial charge in [0.15, 0.2) is 0 Å². The monoisotopic (exact) mass is 1020 g/mol. The molecule has 1 amide bonds. The number of carbonyl (C=O) groups is 4. The first kappa shape index (κ1) is 68.1. The number of hydrogen-bond acceptors (Lipinski definition) is 8. The van der Waals surface area contributed by atoms with Crippen molar-refractivity contribution >= 4 is 23.8 Å². The van der Waals surface area contributed by atoms with Crippen molar-refractivity contribution in [3.8, 4) is 0 Å². The molecule has 1 saturated heterocycles. The van der Waals surface area contributed by atoms with E-state index in [4.69, 9.17) is 14.2 Å². The number of unbranched alkanes of at least 4 members (excludes halogenated alkanes) is 33. The van der Waals surface area contributed by atoms with Crippen molar-refractivity contribution in [2.24, 2.45) is 5.92 Å². The van der Waals surface area contributed by atoms with Crippen molar-refractivity contribution in [3.05, 3.63) is 36.5 Å². The Morgan fingerprint density at radius 2 is 0.671 bits per heavy atom. The molecule has 0 spiro atoms. The summed E-state index contributed by atoms with van der Waals surface area (Å²) in [7, 11) is 1.99. The van der Waals surface area contributed by atoms with Crippen LogP contribution in [0.5, 0.6) is 0 Å². The van der Waals surface area contributed by atoms with Crippen molar-refractivity contribution in [1.29, 1.82) is 0 Å². The van der Waals surface area contributed by atoms with Gasteiger partial charge < -0.3 is 24.4 Å². The number of hydrogen-bond donors (Lipinski definition) is 1. The van der Waals surface area contributed by atoms with E-state index in [1.807, 2.05) is 7.05 Å². The second-order valence-corrected chi connectivity index (χ2v) is 22.0. The van der Waals surface area contributed by atoms with Gasteiger partial charge in [0.2, 0.25) is 5.91 Å². The lowest BCUT2D eigenvalue weighted by atomic mass is 9.99. The fourth-order valence-corrected chi connectivity index (χ4v) is 9.64. The predicted molar refractivity (Wildman–Crippen MR) is 308 cm³/mol. The summed E-state index contributed by atoms with van der Waals surface area (Å²) < 4.78 is 17.7. The number of allylic oxidation sites excluding steroid dienone is 6. The lowest BCUT2D eigenvalue weighted by molar-refractivity contribution is -0.159. The van der Waals surface area contributed by atoms with Crippen LogP contribution in [-0.2, 0) is 33.4 Å². The fourth-order valence-electron chi connectivity index (χ4n) is 9.64. The van der Waals surface area contributed by atoms with Gasteiger partial charge in [0.25, 0.3) is 0 Å². The van der Waals surface area contributed by atoms with Gasteiger partial charge in [0.05, 0.1) is 5.92 Å². The van der Waals surface area contributed by atoms with E-state index in [0.29, 0.717) is 13.0 Å². The molecule has 1 N–H and O–H groups in total. The molecule has 0 radical (unpaired) electrons. The van der Waals surface area contributed by atoms with Crippen molar-refractivity contribution in [2.45, 2.75) is 302 Å². The first-order valence-corrected chi connectivity index (χ1v) is 31.2.